The molecule has 0 aromatic heterocycles. The van der Waals surface area contributed by atoms with Crippen LogP contribution in [0.15, 0.2) is 24.3 Å². The van der Waals surface area contributed by atoms with Crippen molar-refractivity contribution in [3.8, 4) is 0 Å². The first-order valence-electron chi connectivity index (χ1n) is 6.27. The Kier molecular flexibility index (Phi) is 9.78. The van der Waals surface area contributed by atoms with E-state index in [2.05, 4.69) is 32.2 Å². The maximum atomic E-state index is 11.3. The van der Waals surface area contributed by atoms with Crippen molar-refractivity contribution in [2.24, 2.45) is 5.92 Å². The number of carbonyl (C=O) groups is 1. The van der Waals surface area contributed by atoms with Crippen molar-refractivity contribution in [1.29, 1.82) is 0 Å². The predicted octanol–water partition coefficient (Wildman–Crippen LogP) is 3.45. The minimum absolute atomic E-state index is 0.00749. The molecule has 1 amide bonds. The fraction of sp³-hybridized carbons (Fsp3) is 0.643. The van der Waals surface area contributed by atoms with Crippen LogP contribution in [0.3, 0.4) is 0 Å². The van der Waals surface area contributed by atoms with E-state index in [1.54, 1.807) is 6.08 Å². The molecule has 0 atom stereocenters. The highest BCUT2D eigenvalue weighted by atomic mass is 16.1. The van der Waals surface area contributed by atoms with E-state index in [9.17, 15) is 4.79 Å². The van der Waals surface area contributed by atoms with E-state index < -0.39 is 0 Å². The van der Waals surface area contributed by atoms with Crippen molar-refractivity contribution in [2.75, 3.05) is 6.54 Å². The number of carbonyl (C=O) groups excluding carboxylic acids is 1. The van der Waals surface area contributed by atoms with Crippen LogP contribution in [0.4, 0.5) is 0 Å². The summed E-state index contributed by atoms with van der Waals surface area (Å²) in [6.07, 6.45) is 12.3. The van der Waals surface area contributed by atoms with Gasteiger partial charge in [0.2, 0.25) is 5.91 Å². The maximum absolute atomic E-state index is 11.3. The van der Waals surface area contributed by atoms with E-state index >= 15 is 0 Å². The fourth-order valence-electron chi connectivity index (χ4n) is 1.19. The average Bonchev–Trinajstić information content (AvgIpc) is 2.25. The summed E-state index contributed by atoms with van der Waals surface area (Å²) in [5.74, 6) is 0.494. The van der Waals surface area contributed by atoms with Crippen molar-refractivity contribution in [3.63, 3.8) is 0 Å². The van der Waals surface area contributed by atoms with Gasteiger partial charge >= 0.3 is 0 Å². The maximum Gasteiger partial charge on any atom is 0.243 e. The third kappa shape index (κ3) is 11.0. The number of hydrogen-bond donors (Lipinski definition) is 1. The van der Waals surface area contributed by atoms with Crippen LogP contribution < -0.4 is 5.32 Å². The quantitative estimate of drug-likeness (QED) is 0.381. The zero-order valence-electron chi connectivity index (χ0n) is 10.8. The molecule has 0 saturated carbocycles. The SMILES string of the molecule is CCCCC/C=C\C=C\C(=O)NCC(C)C. The lowest BCUT2D eigenvalue weighted by atomic mass is 10.2. The van der Waals surface area contributed by atoms with Crippen LogP contribution in [-0.2, 0) is 4.79 Å². The lowest BCUT2D eigenvalue weighted by molar-refractivity contribution is -0.116. The van der Waals surface area contributed by atoms with Crippen LogP contribution in [0, 0.1) is 5.92 Å². The summed E-state index contributed by atoms with van der Waals surface area (Å²) in [5.41, 5.74) is 0. The molecule has 16 heavy (non-hydrogen) atoms. The highest BCUT2D eigenvalue weighted by Gasteiger charge is 1.95. The fourth-order valence-corrected chi connectivity index (χ4v) is 1.19. The van der Waals surface area contributed by atoms with Crippen LogP contribution in [-0.4, -0.2) is 12.5 Å². The first-order chi connectivity index (χ1) is 7.66. The number of amides is 1. The summed E-state index contributed by atoms with van der Waals surface area (Å²) in [4.78, 5) is 11.3. The van der Waals surface area contributed by atoms with Gasteiger partial charge in [0.15, 0.2) is 0 Å². The number of rotatable bonds is 8. The zero-order valence-corrected chi connectivity index (χ0v) is 10.8. The molecule has 2 nitrogen and oxygen atoms in total. The summed E-state index contributed by atoms with van der Waals surface area (Å²) >= 11 is 0. The smallest absolute Gasteiger partial charge is 0.243 e. The van der Waals surface area contributed by atoms with Gasteiger partial charge < -0.3 is 5.32 Å². The van der Waals surface area contributed by atoms with Crippen LogP contribution in [0.1, 0.15) is 46.5 Å². The van der Waals surface area contributed by atoms with E-state index in [0.717, 1.165) is 13.0 Å². The van der Waals surface area contributed by atoms with E-state index in [0.29, 0.717) is 5.92 Å². The molecule has 0 aliphatic rings. The van der Waals surface area contributed by atoms with Crippen molar-refractivity contribution in [2.45, 2.75) is 46.5 Å². The van der Waals surface area contributed by atoms with Crippen LogP contribution in [0.25, 0.3) is 0 Å². The van der Waals surface area contributed by atoms with Gasteiger partial charge in [-0.2, -0.15) is 0 Å². The Morgan fingerprint density at radius 1 is 1.25 bits per heavy atom. The lowest BCUT2D eigenvalue weighted by Crippen LogP contribution is -2.25. The molecule has 2 heteroatoms. The van der Waals surface area contributed by atoms with Crippen molar-refractivity contribution in [1.82, 2.24) is 5.32 Å². The van der Waals surface area contributed by atoms with E-state index in [1.165, 1.54) is 19.3 Å². The molecule has 1 N–H and O–H groups in total. The van der Waals surface area contributed by atoms with E-state index in [4.69, 9.17) is 0 Å². The molecule has 0 heterocycles. The van der Waals surface area contributed by atoms with Gasteiger partial charge in [0.1, 0.15) is 0 Å². The minimum Gasteiger partial charge on any atom is -0.352 e. The molecule has 0 radical (unpaired) electrons. The second-order valence-corrected chi connectivity index (χ2v) is 4.42. The largest absolute Gasteiger partial charge is 0.352 e. The third-order valence-corrected chi connectivity index (χ3v) is 2.15. The normalized spacial score (nSPS) is 11.8. The summed E-state index contributed by atoms with van der Waals surface area (Å²) in [6, 6.07) is 0. The molecule has 0 unspecified atom stereocenters. The van der Waals surface area contributed by atoms with Crippen LogP contribution >= 0.6 is 0 Å². The monoisotopic (exact) mass is 223 g/mol. The molecule has 0 aromatic carbocycles. The lowest BCUT2D eigenvalue weighted by Gasteiger charge is -2.03. The number of allylic oxidation sites excluding steroid dienone is 3. The molecule has 0 saturated heterocycles. The van der Waals surface area contributed by atoms with Gasteiger partial charge in [0.25, 0.3) is 0 Å². The molecule has 0 aliphatic carbocycles. The van der Waals surface area contributed by atoms with Gasteiger partial charge in [-0.15, -0.1) is 0 Å². The van der Waals surface area contributed by atoms with Crippen molar-refractivity contribution < 1.29 is 4.79 Å². The molecule has 0 aromatic rings. The Morgan fingerprint density at radius 3 is 2.62 bits per heavy atom. The third-order valence-electron chi connectivity index (χ3n) is 2.15. The molecular formula is C14H25NO. The second kappa shape index (κ2) is 10.5. The molecule has 0 fully saturated rings. The first kappa shape index (κ1) is 14.9. The van der Waals surface area contributed by atoms with Crippen LogP contribution in [0.2, 0.25) is 0 Å². The molecule has 0 rings (SSSR count). The highest BCUT2D eigenvalue weighted by molar-refractivity contribution is 5.87. The summed E-state index contributed by atoms with van der Waals surface area (Å²) < 4.78 is 0. The number of hydrogen-bond acceptors (Lipinski definition) is 1. The van der Waals surface area contributed by atoms with Gasteiger partial charge in [0.05, 0.1) is 0 Å². The molecule has 0 spiro atoms. The average molecular weight is 223 g/mol. The van der Waals surface area contributed by atoms with E-state index in [-0.39, 0.29) is 5.91 Å². The van der Waals surface area contributed by atoms with Gasteiger partial charge in [-0.3, -0.25) is 4.79 Å². The highest BCUT2D eigenvalue weighted by Crippen LogP contribution is 1.99. The van der Waals surface area contributed by atoms with Gasteiger partial charge in [-0.1, -0.05) is 51.8 Å². The Balaban J connectivity index is 3.54. The Bertz CT molecular complexity index is 229. The Hall–Kier alpha value is -1.05. The van der Waals surface area contributed by atoms with Crippen molar-refractivity contribution in [3.05, 3.63) is 24.3 Å². The Labute approximate surface area is 99.8 Å². The second-order valence-electron chi connectivity index (χ2n) is 4.42. The molecular weight excluding hydrogens is 198 g/mol. The molecule has 0 bridgehead atoms. The zero-order chi connectivity index (χ0) is 12.2. The van der Waals surface area contributed by atoms with Gasteiger partial charge in [-0.25, -0.2) is 0 Å². The summed E-state index contributed by atoms with van der Waals surface area (Å²) in [5, 5.41) is 2.83. The molecule has 0 aliphatic heterocycles. The minimum atomic E-state index is -0.00749. The molecule has 92 valence electrons. The summed E-state index contributed by atoms with van der Waals surface area (Å²) in [6.45, 7) is 7.10. The number of unbranched alkanes of at least 4 members (excludes halogenated alkanes) is 3. The van der Waals surface area contributed by atoms with E-state index in [1.807, 2.05) is 12.2 Å². The summed E-state index contributed by atoms with van der Waals surface area (Å²) in [7, 11) is 0. The van der Waals surface area contributed by atoms with Crippen LogP contribution in [0.5, 0.6) is 0 Å². The predicted molar refractivity (Wildman–Crippen MR) is 70.3 cm³/mol. The number of nitrogens with one attached hydrogen (secondary N) is 1. The first-order valence-corrected chi connectivity index (χ1v) is 6.27. The van der Waals surface area contributed by atoms with Crippen molar-refractivity contribution >= 4 is 5.91 Å². The topological polar surface area (TPSA) is 29.1 Å². The van der Waals surface area contributed by atoms with Gasteiger partial charge in [0, 0.05) is 12.6 Å². The Morgan fingerprint density at radius 2 is 2.00 bits per heavy atom. The van der Waals surface area contributed by atoms with Gasteiger partial charge in [-0.05, 0) is 18.8 Å². The standard InChI is InChI=1S/C14H25NO/c1-4-5-6-7-8-9-10-11-14(16)15-12-13(2)3/h8-11,13H,4-7,12H2,1-3H3,(H,15,16)/b9-8-,11-10+.